The SMILES string of the molecule is CCCc1ccc(C#C/C=C/C2CCC(c3ccc(OCC)cc3)CC2)cc1. The first-order chi connectivity index (χ1) is 13.8. The molecule has 1 aliphatic rings. The third-order valence-corrected chi connectivity index (χ3v) is 5.60. The number of hydrogen-bond donors (Lipinski definition) is 0. The maximum Gasteiger partial charge on any atom is 0.119 e. The molecule has 1 nitrogen and oxygen atoms in total. The fourth-order valence-corrected chi connectivity index (χ4v) is 4.00. The van der Waals surface area contributed by atoms with Gasteiger partial charge in [0.05, 0.1) is 6.61 Å². The molecule has 0 N–H and O–H groups in total. The molecule has 2 aromatic rings. The predicted octanol–water partition coefficient (Wildman–Crippen LogP) is 6.92. The van der Waals surface area contributed by atoms with Gasteiger partial charge >= 0.3 is 0 Å². The monoisotopic (exact) mass is 372 g/mol. The maximum absolute atomic E-state index is 5.55. The second-order valence-corrected chi connectivity index (χ2v) is 7.69. The van der Waals surface area contributed by atoms with E-state index in [1.807, 2.05) is 6.92 Å². The summed E-state index contributed by atoms with van der Waals surface area (Å²) in [5, 5.41) is 0. The van der Waals surface area contributed by atoms with E-state index < -0.39 is 0 Å². The van der Waals surface area contributed by atoms with E-state index in [1.54, 1.807) is 0 Å². The quantitative estimate of drug-likeness (QED) is 0.500. The summed E-state index contributed by atoms with van der Waals surface area (Å²) in [6.45, 7) is 4.96. The number of aryl methyl sites for hydroxylation is 1. The van der Waals surface area contributed by atoms with Crippen LogP contribution in [0.1, 0.15) is 68.6 Å². The van der Waals surface area contributed by atoms with Crippen LogP contribution in [0.3, 0.4) is 0 Å². The Morgan fingerprint density at radius 2 is 1.64 bits per heavy atom. The van der Waals surface area contributed by atoms with Crippen molar-refractivity contribution < 1.29 is 4.74 Å². The van der Waals surface area contributed by atoms with Crippen LogP contribution in [0, 0.1) is 17.8 Å². The van der Waals surface area contributed by atoms with Crippen LogP contribution in [-0.4, -0.2) is 6.61 Å². The lowest BCUT2D eigenvalue weighted by Crippen LogP contribution is -2.11. The summed E-state index contributed by atoms with van der Waals surface area (Å²) in [7, 11) is 0. The van der Waals surface area contributed by atoms with E-state index in [0.29, 0.717) is 11.8 Å². The van der Waals surface area contributed by atoms with Crippen molar-refractivity contribution >= 4 is 0 Å². The average Bonchev–Trinajstić information content (AvgIpc) is 2.74. The molecule has 3 rings (SSSR count). The Balaban J connectivity index is 1.46. The van der Waals surface area contributed by atoms with Gasteiger partial charge in [-0.15, -0.1) is 0 Å². The maximum atomic E-state index is 5.55. The number of ether oxygens (including phenoxy) is 1. The van der Waals surface area contributed by atoms with Gasteiger partial charge in [-0.1, -0.05) is 55.5 Å². The average molecular weight is 373 g/mol. The summed E-state index contributed by atoms with van der Waals surface area (Å²) in [5.41, 5.74) is 3.95. The fourth-order valence-electron chi connectivity index (χ4n) is 4.00. The van der Waals surface area contributed by atoms with E-state index in [-0.39, 0.29) is 0 Å². The van der Waals surface area contributed by atoms with Crippen LogP contribution >= 0.6 is 0 Å². The van der Waals surface area contributed by atoms with Crippen molar-refractivity contribution in [2.45, 2.75) is 58.3 Å². The molecule has 0 aromatic heterocycles. The lowest BCUT2D eigenvalue weighted by molar-refractivity contribution is 0.339. The number of hydrogen-bond acceptors (Lipinski definition) is 1. The minimum Gasteiger partial charge on any atom is -0.494 e. The lowest BCUT2D eigenvalue weighted by Gasteiger charge is -2.27. The molecule has 0 heterocycles. The fraction of sp³-hybridized carbons (Fsp3) is 0.407. The molecule has 0 saturated heterocycles. The van der Waals surface area contributed by atoms with E-state index in [2.05, 4.69) is 79.4 Å². The first kappa shape index (κ1) is 20.3. The molecule has 146 valence electrons. The van der Waals surface area contributed by atoms with Crippen molar-refractivity contribution in [3.8, 4) is 17.6 Å². The molecular weight excluding hydrogens is 340 g/mol. The minimum atomic E-state index is 0.667. The molecule has 0 spiro atoms. The van der Waals surface area contributed by atoms with Gasteiger partial charge in [0.25, 0.3) is 0 Å². The first-order valence-corrected chi connectivity index (χ1v) is 10.8. The Morgan fingerprint density at radius 3 is 2.29 bits per heavy atom. The highest BCUT2D eigenvalue weighted by molar-refractivity contribution is 5.38. The Morgan fingerprint density at radius 1 is 0.929 bits per heavy atom. The van der Waals surface area contributed by atoms with Gasteiger partial charge in [-0.2, -0.15) is 0 Å². The Kier molecular flexibility index (Phi) is 7.80. The molecule has 0 amide bonds. The highest BCUT2D eigenvalue weighted by Crippen LogP contribution is 2.36. The molecule has 0 radical (unpaired) electrons. The first-order valence-electron chi connectivity index (χ1n) is 10.8. The molecule has 0 unspecified atom stereocenters. The molecule has 0 aliphatic heterocycles. The number of benzene rings is 2. The third kappa shape index (κ3) is 6.03. The van der Waals surface area contributed by atoms with Crippen LogP contribution < -0.4 is 4.74 Å². The summed E-state index contributed by atoms with van der Waals surface area (Å²) in [4.78, 5) is 0. The van der Waals surface area contributed by atoms with Crippen molar-refractivity contribution in [2.75, 3.05) is 6.61 Å². The van der Waals surface area contributed by atoms with Gasteiger partial charge in [0, 0.05) is 5.56 Å². The molecule has 0 bridgehead atoms. The van der Waals surface area contributed by atoms with Gasteiger partial charge in [-0.25, -0.2) is 0 Å². The highest BCUT2D eigenvalue weighted by atomic mass is 16.5. The summed E-state index contributed by atoms with van der Waals surface area (Å²) >= 11 is 0. The molecule has 1 fully saturated rings. The van der Waals surface area contributed by atoms with Crippen LogP contribution in [0.25, 0.3) is 0 Å². The molecule has 1 heteroatoms. The third-order valence-electron chi connectivity index (χ3n) is 5.60. The molecule has 1 saturated carbocycles. The van der Waals surface area contributed by atoms with Crippen LogP contribution in [0.15, 0.2) is 60.7 Å². The van der Waals surface area contributed by atoms with Gasteiger partial charge < -0.3 is 4.74 Å². The normalized spacial score (nSPS) is 19.2. The van der Waals surface area contributed by atoms with Gasteiger partial charge in [0.15, 0.2) is 0 Å². The van der Waals surface area contributed by atoms with E-state index in [4.69, 9.17) is 4.74 Å². The van der Waals surface area contributed by atoms with Crippen molar-refractivity contribution in [3.05, 3.63) is 77.4 Å². The van der Waals surface area contributed by atoms with Crippen molar-refractivity contribution in [1.29, 1.82) is 0 Å². The van der Waals surface area contributed by atoms with Gasteiger partial charge in [0.1, 0.15) is 5.75 Å². The van der Waals surface area contributed by atoms with Gasteiger partial charge in [0.2, 0.25) is 0 Å². The van der Waals surface area contributed by atoms with Crippen LogP contribution in [0.4, 0.5) is 0 Å². The van der Waals surface area contributed by atoms with E-state index in [0.717, 1.165) is 24.3 Å². The molecule has 0 atom stereocenters. The molecular formula is C27H32O. The smallest absolute Gasteiger partial charge is 0.119 e. The topological polar surface area (TPSA) is 9.23 Å². The second-order valence-electron chi connectivity index (χ2n) is 7.69. The Bertz CT molecular complexity index is 794. The Hall–Kier alpha value is -2.46. The molecule has 2 aromatic carbocycles. The van der Waals surface area contributed by atoms with Gasteiger partial charge in [-0.3, -0.25) is 0 Å². The zero-order chi connectivity index (χ0) is 19.6. The van der Waals surface area contributed by atoms with Gasteiger partial charge in [-0.05, 0) is 92.3 Å². The predicted molar refractivity (Wildman–Crippen MR) is 119 cm³/mol. The number of rotatable bonds is 6. The summed E-state index contributed by atoms with van der Waals surface area (Å²) < 4.78 is 5.55. The second kappa shape index (κ2) is 10.8. The summed E-state index contributed by atoms with van der Waals surface area (Å²) in [5.74, 6) is 8.80. The van der Waals surface area contributed by atoms with Crippen LogP contribution in [0.5, 0.6) is 5.75 Å². The van der Waals surface area contributed by atoms with E-state index in [1.165, 1.54) is 43.2 Å². The number of allylic oxidation sites excluding steroid dienone is 2. The standard InChI is InChI=1S/C27H32O/c1-3-7-22-10-12-23(13-11-22)8-5-6-9-24-14-16-25(17-15-24)26-18-20-27(21-19-26)28-4-2/h6,9-13,18-21,24-25H,3-4,7,14-17H2,1-2H3/b9-6+. The van der Waals surface area contributed by atoms with Crippen LogP contribution in [-0.2, 0) is 6.42 Å². The molecule has 28 heavy (non-hydrogen) atoms. The zero-order valence-electron chi connectivity index (χ0n) is 17.3. The summed E-state index contributed by atoms with van der Waals surface area (Å²) in [6.07, 6.45) is 11.7. The van der Waals surface area contributed by atoms with E-state index in [9.17, 15) is 0 Å². The Labute approximate surface area is 170 Å². The van der Waals surface area contributed by atoms with Crippen molar-refractivity contribution in [1.82, 2.24) is 0 Å². The van der Waals surface area contributed by atoms with Crippen LogP contribution in [0.2, 0.25) is 0 Å². The minimum absolute atomic E-state index is 0.667. The zero-order valence-corrected chi connectivity index (χ0v) is 17.3. The highest BCUT2D eigenvalue weighted by Gasteiger charge is 2.20. The van der Waals surface area contributed by atoms with Crippen molar-refractivity contribution in [2.24, 2.45) is 5.92 Å². The summed E-state index contributed by atoms with van der Waals surface area (Å²) in [6, 6.07) is 17.3. The van der Waals surface area contributed by atoms with Crippen molar-refractivity contribution in [3.63, 3.8) is 0 Å². The molecule has 1 aliphatic carbocycles. The van der Waals surface area contributed by atoms with E-state index >= 15 is 0 Å². The lowest BCUT2D eigenvalue weighted by atomic mass is 9.78. The largest absolute Gasteiger partial charge is 0.494 e.